The Balaban J connectivity index is 1.47. The summed E-state index contributed by atoms with van der Waals surface area (Å²) in [5.41, 5.74) is 7.51. The van der Waals surface area contributed by atoms with Gasteiger partial charge in [0.2, 0.25) is 0 Å². The molecule has 180 valence electrons. The van der Waals surface area contributed by atoms with Gasteiger partial charge in [0, 0.05) is 5.41 Å². The molecule has 0 bridgehead atoms. The molecule has 0 spiro atoms. The first-order valence-electron chi connectivity index (χ1n) is 11.9. The monoisotopic (exact) mass is 498 g/mol. The Bertz CT molecular complexity index is 1420. The van der Waals surface area contributed by atoms with Crippen molar-refractivity contribution in [3.63, 3.8) is 0 Å². The maximum absolute atomic E-state index is 13.9. The highest BCUT2D eigenvalue weighted by Gasteiger charge is 2.40. The number of amidine groups is 1. The van der Waals surface area contributed by atoms with E-state index in [-0.39, 0.29) is 17.7 Å². The molecule has 3 aliphatic rings. The molecule has 1 aliphatic carbocycles. The molecule has 3 aromatic carbocycles. The standard InChI is InChI=1S/C30H24F2N2OS/c1-35-25-15-9-20(10-16-25)27-18-36-30-33-28-22(17-19-5-11-23(31)12-6-19)3-2-4-26(28)29(34(27)30)21-7-13-24(32)14-8-21/h5-18,29H,2-4H2,1H3/b22-17+/t29-/m1/s1. The summed E-state index contributed by atoms with van der Waals surface area (Å²) < 4.78 is 32.7. The minimum absolute atomic E-state index is 0.0895. The Kier molecular flexibility index (Phi) is 5.97. The van der Waals surface area contributed by atoms with Crippen LogP contribution < -0.4 is 4.74 Å². The molecule has 0 radical (unpaired) electrons. The van der Waals surface area contributed by atoms with Crippen molar-refractivity contribution in [2.45, 2.75) is 25.3 Å². The molecule has 0 saturated carbocycles. The zero-order valence-corrected chi connectivity index (χ0v) is 20.6. The van der Waals surface area contributed by atoms with E-state index in [1.54, 1.807) is 31.0 Å². The highest BCUT2D eigenvalue weighted by molar-refractivity contribution is 8.16. The normalized spacial score (nSPS) is 20.1. The van der Waals surface area contributed by atoms with Gasteiger partial charge in [0.15, 0.2) is 5.17 Å². The van der Waals surface area contributed by atoms with Crippen LogP contribution in [0.2, 0.25) is 0 Å². The fraction of sp³-hybridized carbons (Fsp3) is 0.167. The van der Waals surface area contributed by atoms with Crippen molar-refractivity contribution in [1.82, 2.24) is 4.90 Å². The van der Waals surface area contributed by atoms with Crippen molar-refractivity contribution >= 4 is 28.7 Å². The zero-order valence-electron chi connectivity index (χ0n) is 19.7. The van der Waals surface area contributed by atoms with E-state index in [0.29, 0.717) is 0 Å². The number of benzene rings is 3. The summed E-state index contributed by atoms with van der Waals surface area (Å²) in [6, 6.07) is 21.3. The third-order valence-corrected chi connectivity index (χ3v) is 7.66. The van der Waals surface area contributed by atoms with E-state index >= 15 is 0 Å². The van der Waals surface area contributed by atoms with E-state index in [9.17, 15) is 8.78 Å². The Hall–Kier alpha value is -3.64. The largest absolute Gasteiger partial charge is 0.497 e. The van der Waals surface area contributed by atoms with Crippen LogP contribution in [0.5, 0.6) is 5.75 Å². The van der Waals surface area contributed by atoms with Crippen molar-refractivity contribution in [3.05, 3.63) is 123 Å². The number of ether oxygens (including phenoxy) is 1. The second kappa shape index (κ2) is 9.43. The van der Waals surface area contributed by atoms with Crippen LogP contribution in [0.15, 0.2) is 100 Å². The molecule has 2 heterocycles. The summed E-state index contributed by atoms with van der Waals surface area (Å²) in [7, 11) is 1.66. The van der Waals surface area contributed by atoms with Gasteiger partial charge in [-0.05, 0) is 102 Å². The Morgan fingerprint density at radius 2 is 1.61 bits per heavy atom. The van der Waals surface area contributed by atoms with Gasteiger partial charge in [-0.25, -0.2) is 13.8 Å². The molecule has 0 fully saturated rings. The van der Waals surface area contributed by atoms with Gasteiger partial charge in [0.25, 0.3) is 0 Å². The van der Waals surface area contributed by atoms with Crippen molar-refractivity contribution in [2.75, 3.05) is 7.11 Å². The molecule has 0 N–H and O–H groups in total. The predicted octanol–water partition coefficient (Wildman–Crippen LogP) is 7.95. The lowest BCUT2D eigenvalue weighted by Crippen LogP contribution is -2.34. The van der Waals surface area contributed by atoms with Crippen molar-refractivity contribution in [1.29, 1.82) is 0 Å². The first-order valence-corrected chi connectivity index (χ1v) is 12.8. The van der Waals surface area contributed by atoms with Gasteiger partial charge < -0.3 is 9.64 Å². The maximum Gasteiger partial charge on any atom is 0.174 e. The summed E-state index contributed by atoms with van der Waals surface area (Å²) in [5.74, 6) is 0.311. The minimum Gasteiger partial charge on any atom is -0.497 e. The van der Waals surface area contributed by atoms with E-state index in [2.05, 4.69) is 28.5 Å². The van der Waals surface area contributed by atoms with Crippen LogP contribution in [0.4, 0.5) is 8.78 Å². The van der Waals surface area contributed by atoms with E-state index < -0.39 is 0 Å². The number of nitrogens with zero attached hydrogens (tertiary/aromatic N) is 2. The van der Waals surface area contributed by atoms with E-state index in [1.165, 1.54) is 29.8 Å². The number of rotatable bonds is 4. The fourth-order valence-electron chi connectivity index (χ4n) is 5.09. The lowest BCUT2D eigenvalue weighted by molar-refractivity contribution is 0.414. The quantitative estimate of drug-likeness (QED) is 0.365. The number of hydrogen-bond donors (Lipinski definition) is 0. The average molecular weight is 499 g/mol. The Morgan fingerprint density at radius 3 is 2.31 bits per heavy atom. The lowest BCUT2D eigenvalue weighted by atomic mass is 9.82. The van der Waals surface area contributed by atoms with Crippen LogP contribution in [0.3, 0.4) is 0 Å². The van der Waals surface area contributed by atoms with E-state index in [4.69, 9.17) is 9.73 Å². The smallest absolute Gasteiger partial charge is 0.174 e. The van der Waals surface area contributed by atoms with Gasteiger partial charge >= 0.3 is 0 Å². The molecule has 3 nitrogen and oxygen atoms in total. The van der Waals surface area contributed by atoms with Crippen LogP contribution in [0, 0.1) is 11.6 Å². The van der Waals surface area contributed by atoms with Gasteiger partial charge in [0.05, 0.1) is 24.5 Å². The van der Waals surface area contributed by atoms with Gasteiger partial charge in [0.1, 0.15) is 17.4 Å². The molecule has 3 aromatic rings. The van der Waals surface area contributed by atoms with Gasteiger partial charge in [-0.2, -0.15) is 0 Å². The first kappa shape index (κ1) is 22.8. The SMILES string of the molecule is COc1ccc(C2=CSC3=NC4=C(CCC/C4=C\c4ccc(F)cc4)[C@@H](c4ccc(F)cc4)N23)cc1. The molecule has 6 heteroatoms. The first-order chi connectivity index (χ1) is 17.6. The molecule has 0 amide bonds. The number of fused-ring (bicyclic) bond motifs is 1. The molecular weight excluding hydrogens is 474 g/mol. The molecule has 0 saturated heterocycles. The van der Waals surface area contributed by atoms with Crippen LogP contribution in [0.1, 0.15) is 42.0 Å². The number of methoxy groups -OCH3 is 1. The molecule has 2 aliphatic heterocycles. The van der Waals surface area contributed by atoms with E-state index in [0.717, 1.165) is 63.8 Å². The van der Waals surface area contributed by atoms with Gasteiger partial charge in [-0.3, -0.25) is 0 Å². The number of allylic oxidation sites excluding steroid dienone is 1. The van der Waals surface area contributed by atoms with E-state index in [1.807, 2.05) is 24.3 Å². The summed E-state index contributed by atoms with van der Waals surface area (Å²) >= 11 is 1.60. The van der Waals surface area contributed by atoms with Gasteiger partial charge in [-0.15, -0.1) is 0 Å². The van der Waals surface area contributed by atoms with Crippen LogP contribution in [0.25, 0.3) is 11.8 Å². The predicted molar refractivity (Wildman–Crippen MR) is 142 cm³/mol. The summed E-state index contributed by atoms with van der Waals surface area (Å²) in [4.78, 5) is 7.43. The summed E-state index contributed by atoms with van der Waals surface area (Å²) in [6.07, 6.45) is 4.93. The van der Waals surface area contributed by atoms with Crippen LogP contribution >= 0.6 is 11.8 Å². The second-order valence-corrected chi connectivity index (χ2v) is 9.85. The van der Waals surface area contributed by atoms with Crippen LogP contribution in [-0.2, 0) is 0 Å². The Morgan fingerprint density at radius 1 is 0.917 bits per heavy atom. The van der Waals surface area contributed by atoms with Crippen molar-refractivity contribution < 1.29 is 13.5 Å². The summed E-state index contributed by atoms with van der Waals surface area (Å²) in [5, 5.41) is 3.04. The second-order valence-electron chi connectivity index (χ2n) is 9.02. The molecule has 6 rings (SSSR count). The van der Waals surface area contributed by atoms with Crippen molar-refractivity contribution in [2.24, 2.45) is 4.99 Å². The summed E-state index contributed by atoms with van der Waals surface area (Å²) in [6.45, 7) is 0. The fourth-order valence-corrected chi connectivity index (χ4v) is 6.02. The third-order valence-electron chi connectivity index (χ3n) is 6.82. The number of hydrogen-bond acceptors (Lipinski definition) is 4. The number of halogens is 2. The molecular formula is C30H24F2N2OS. The molecule has 1 atom stereocenters. The zero-order chi connectivity index (χ0) is 24.6. The van der Waals surface area contributed by atoms with Gasteiger partial charge in [-0.1, -0.05) is 36.0 Å². The average Bonchev–Trinajstić information content (AvgIpc) is 3.33. The highest BCUT2D eigenvalue weighted by Crippen LogP contribution is 2.51. The lowest BCUT2D eigenvalue weighted by Gasteiger charge is -2.40. The number of thioether (sulfide) groups is 1. The maximum atomic E-state index is 13.9. The molecule has 0 aromatic heterocycles. The minimum atomic E-state index is -0.250. The Labute approximate surface area is 213 Å². The molecule has 0 unspecified atom stereocenters. The molecule has 36 heavy (non-hydrogen) atoms. The van der Waals surface area contributed by atoms with Crippen LogP contribution in [-0.4, -0.2) is 17.2 Å². The van der Waals surface area contributed by atoms with Crippen molar-refractivity contribution in [3.8, 4) is 5.75 Å². The number of aliphatic imine (C=N–C) groups is 1. The third kappa shape index (κ3) is 4.16. The topological polar surface area (TPSA) is 24.8 Å². The highest BCUT2D eigenvalue weighted by atomic mass is 32.2.